The van der Waals surface area contributed by atoms with Gasteiger partial charge in [0.2, 0.25) is 0 Å². The van der Waals surface area contributed by atoms with Crippen molar-refractivity contribution in [3.63, 3.8) is 0 Å². The Bertz CT molecular complexity index is 1040. The van der Waals surface area contributed by atoms with Gasteiger partial charge in [-0.05, 0) is 66.5 Å². The number of nitrogens with zero attached hydrogens (tertiary/aromatic N) is 3. The van der Waals surface area contributed by atoms with E-state index in [0.29, 0.717) is 36.7 Å². The molecule has 1 saturated heterocycles. The first-order valence-corrected chi connectivity index (χ1v) is 12.0. The van der Waals surface area contributed by atoms with E-state index in [1.807, 2.05) is 48.5 Å². The average Bonchev–Trinajstić information content (AvgIpc) is 2.85. The number of esters is 1. The predicted octanol–water partition coefficient (Wildman–Crippen LogP) is 4.48. The fourth-order valence-corrected chi connectivity index (χ4v) is 4.72. The Morgan fingerprint density at radius 2 is 1.65 bits per heavy atom. The summed E-state index contributed by atoms with van der Waals surface area (Å²) in [5.74, 6) is -0.300. The van der Waals surface area contributed by atoms with Crippen molar-refractivity contribution in [2.45, 2.75) is 13.3 Å². The summed E-state index contributed by atoms with van der Waals surface area (Å²) >= 11 is 6.07. The van der Waals surface area contributed by atoms with E-state index in [9.17, 15) is 14.7 Å². The molecule has 2 aliphatic rings. The highest BCUT2D eigenvalue weighted by Gasteiger charge is 2.26. The molecule has 0 aromatic heterocycles. The summed E-state index contributed by atoms with van der Waals surface area (Å²) in [5.41, 5.74) is 5.15. The molecule has 1 N–H and O–H groups in total. The van der Waals surface area contributed by atoms with Crippen LogP contribution >= 0.6 is 11.6 Å². The summed E-state index contributed by atoms with van der Waals surface area (Å²) in [6, 6.07) is 15.4. The first-order valence-electron chi connectivity index (χ1n) is 11.6. The highest BCUT2D eigenvalue weighted by molar-refractivity contribution is 6.30. The van der Waals surface area contributed by atoms with Crippen molar-refractivity contribution in [2.75, 3.05) is 57.3 Å². The Hall–Kier alpha value is -3.03. The molecule has 1 fully saturated rings. The molecule has 8 heteroatoms. The van der Waals surface area contributed by atoms with E-state index in [0.717, 1.165) is 49.5 Å². The molecule has 2 heterocycles. The number of benzene rings is 2. The van der Waals surface area contributed by atoms with E-state index in [2.05, 4.69) is 9.80 Å². The van der Waals surface area contributed by atoms with Gasteiger partial charge in [-0.3, -0.25) is 4.90 Å². The highest BCUT2D eigenvalue weighted by atomic mass is 35.5. The van der Waals surface area contributed by atoms with Gasteiger partial charge in [0.1, 0.15) is 0 Å². The summed E-state index contributed by atoms with van der Waals surface area (Å²) in [7, 11) is 0. The summed E-state index contributed by atoms with van der Waals surface area (Å²) in [6.07, 6.45) is -0.167. The lowest BCUT2D eigenvalue weighted by Gasteiger charge is -2.38. The molecule has 0 bridgehead atoms. The third-order valence-electron chi connectivity index (χ3n) is 6.43. The summed E-state index contributed by atoms with van der Waals surface area (Å²) in [5, 5.41) is 10.2. The molecule has 7 nitrogen and oxygen atoms in total. The Labute approximate surface area is 205 Å². The molecule has 0 atom stereocenters. The van der Waals surface area contributed by atoms with Crippen molar-refractivity contribution in [1.82, 2.24) is 9.80 Å². The lowest BCUT2D eigenvalue weighted by molar-refractivity contribution is 0.0526. The van der Waals surface area contributed by atoms with Crippen LogP contribution in [0.3, 0.4) is 0 Å². The lowest BCUT2D eigenvalue weighted by Crippen LogP contribution is -2.48. The van der Waals surface area contributed by atoms with Crippen molar-refractivity contribution >= 4 is 34.9 Å². The monoisotopic (exact) mass is 483 g/mol. The fourth-order valence-electron chi connectivity index (χ4n) is 4.59. The van der Waals surface area contributed by atoms with Crippen molar-refractivity contribution in [3.05, 3.63) is 70.3 Å². The molecule has 2 aliphatic heterocycles. The molecule has 2 aromatic rings. The first-order chi connectivity index (χ1) is 16.4. The van der Waals surface area contributed by atoms with Crippen molar-refractivity contribution in [3.8, 4) is 0 Å². The lowest BCUT2D eigenvalue weighted by atomic mass is 9.93. The van der Waals surface area contributed by atoms with Gasteiger partial charge in [0.05, 0.1) is 12.2 Å². The number of piperazine rings is 1. The largest absolute Gasteiger partial charge is 0.465 e. The van der Waals surface area contributed by atoms with Gasteiger partial charge < -0.3 is 19.6 Å². The van der Waals surface area contributed by atoms with Crippen molar-refractivity contribution in [1.29, 1.82) is 0 Å². The van der Waals surface area contributed by atoms with E-state index in [4.69, 9.17) is 16.3 Å². The Kier molecular flexibility index (Phi) is 7.75. The Morgan fingerprint density at radius 3 is 2.26 bits per heavy atom. The second-order valence-corrected chi connectivity index (χ2v) is 9.01. The van der Waals surface area contributed by atoms with Crippen LogP contribution in [0.1, 0.15) is 29.3 Å². The van der Waals surface area contributed by atoms with Gasteiger partial charge in [-0.2, -0.15) is 0 Å². The van der Waals surface area contributed by atoms with Crippen LogP contribution < -0.4 is 4.90 Å². The smallest absolute Gasteiger partial charge is 0.407 e. The minimum Gasteiger partial charge on any atom is -0.465 e. The maximum absolute atomic E-state index is 11.9. The zero-order valence-corrected chi connectivity index (χ0v) is 20.1. The second-order valence-electron chi connectivity index (χ2n) is 8.57. The van der Waals surface area contributed by atoms with E-state index in [1.54, 1.807) is 6.92 Å². The molecule has 0 spiro atoms. The summed E-state index contributed by atoms with van der Waals surface area (Å²) in [6.45, 7) is 7.34. The number of hydrogen-bond acceptors (Lipinski definition) is 5. The number of carboxylic acid groups (broad SMARTS) is 1. The van der Waals surface area contributed by atoms with Crippen LogP contribution in [0, 0.1) is 0 Å². The maximum atomic E-state index is 11.9. The van der Waals surface area contributed by atoms with E-state index in [-0.39, 0.29) is 5.97 Å². The molecule has 4 rings (SSSR count). The molecule has 0 saturated carbocycles. The maximum Gasteiger partial charge on any atom is 0.407 e. The van der Waals surface area contributed by atoms with Gasteiger partial charge in [0.25, 0.3) is 0 Å². The van der Waals surface area contributed by atoms with Crippen LogP contribution in [0.5, 0.6) is 0 Å². The van der Waals surface area contributed by atoms with Gasteiger partial charge in [-0.25, -0.2) is 9.59 Å². The van der Waals surface area contributed by atoms with Gasteiger partial charge >= 0.3 is 12.1 Å². The molecule has 2 aromatic carbocycles. The number of hydrogen-bond donors (Lipinski definition) is 1. The van der Waals surface area contributed by atoms with Crippen LogP contribution in [0.15, 0.2) is 54.1 Å². The first kappa shape index (κ1) is 24.1. The molecular weight excluding hydrogens is 454 g/mol. The molecular formula is C26H30ClN3O4. The molecule has 34 heavy (non-hydrogen) atoms. The number of halogens is 1. The molecule has 180 valence electrons. The number of amides is 1. The SMILES string of the molecule is CCOC(=O)c1ccc(N2CCN(CC3=C(c4ccc(Cl)cc4)CCN(C(=O)O)C3)CC2)cc1. The van der Waals surface area contributed by atoms with Crippen LogP contribution in [-0.2, 0) is 4.74 Å². The van der Waals surface area contributed by atoms with Crippen LogP contribution in [0.25, 0.3) is 5.57 Å². The minimum atomic E-state index is -0.872. The quantitative estimate of drug-likeness (QED) is 0.611. The molecule has 0 aliphatic carbocycles. The number of rotatable bonds is 6. The second kappa shape index (κ2) is 10.9. The van der Waals surface area contributed by atoms with Gasteiger partial charge in [0, 0.05) is 56.5 Å². The third-order valence-corrected chi connectivity index (χ3v) is 6.69. The normalized spacial score (nSPS) is 17.1. The van der Waals surface area contributed by atoms with Crippen LogP contribution in [-0.4, -0.2) is 79.4 Å². The zero-order valence-electron chi connectivity index (χ0n) is 19.4. The fraction of sp³-hybridized carbons (Fsp3) is 0.385. The summed E-state index contributed by atoms with van der Waals surface area (Å²) < 4.78 is 5.06. The van der Waals surface area contributed by atoms with Gasteiger partial charge in [-0.15, -0.1) is 0 Å². The standard InChI is InChI=1S/C26H30ClN3O4/c1-2-34-25(31)20-5-9-23(10-6-20)29-15-13-28(14-16-29)17-21-18-30(26(32)33)12-11-24(21)19-3-7-22(27)8-4-19/h3-10H,2,11-18H2,1H3,(H,32,33). The summed E-state index contributed by atoms with van der Waals surface area (Å²) in [4.78, 5) is 29.7. The Balaban J connectivity index is 1.42. The number of carbonyl (C=O) groups excluding carboxylic acids is 1. The molecule has 0 unspecified atom stereocenters. The molecule has 0 radical (unpaired) electrons. The van der Waals surface area contributed by atoms with Crippen LogP contribution in [0.2, 0.25) is 5.02 Å². The van der Waals surface area contributed by atoms with E-state index in [1.165, 1.54) is 10.5 Å². The van der Waals surface area contributed by atoms with Gasteiger partial charge in [0.15, 0.2) is 0 Å². The predicted molar refractivity (Wildman–Crippen MR) is 134 cm³/mol. The Morgan fingerprint density at radius 1 is 0.971 bits per heavy atom. The third kappa shape index (κ3) is 5.72. The van der Waals surface area contributed by atoms with Crippen molar-refractivity contribution in [2.24, 2.45) is 0 Å². The highest BCUT2D eigenvalue weighted by Crippen LogP contribution is 2.29. The zero-order chi connectivity index (χ0) is 24.1. The van der Waals surface area contributed by atoms with E-state index < -0.39 is 6.09 Å². The number of anilines is 1. The topological polar surface area (TPSA) is 73.3 Å². The van der Waals surface area contributed by atoms with Crippen molar-refractivity contribution < 1.29 is 19.4 Å². The average molecular weight is 484 g/mol. The van der Waals surface area contributed by atoms with Crippen LogP contribution in [0.4, 0.5) is 10.5 Å². The minimum absolute atomic E-state index is 0.300. The van der Waals surface area contributed by atoms with E-state index >= 15 is 0 Å². The number of ether oxygens (including phenoxy) is 1. The van der Waals surface area contributed by atoms with Gasteiger partial charge in [-0.1, -0.05) is 23.7 Å². The molecule has 1 amide bonds. The number of carbonyl (C=O) groups is 2.